The molecule has 0 spiro atoms. The van der Waals surface area contributed by atoms with Crippen molar-refractivity contribution >= 4 is 0 Å². The zero-order valence-corrected chi connectivity index (χ0v) is 10.9. The predicted molar refractivity (Wildman–Crippen MR) is 71.3 cm³/mol. The third-order valence-corrected chi connectivity index (χ3v) is 3.62. The maximum atomic E-state index is 5.77. The normalized spacial score (nSPS) is 26.0. The van der Waals surface area contributed by atoms with Crippen molar-refractivity contribution < 1.29 is 4.74 Å². The lowest BCUT2D eigenvalue weighted by atomic mass is 10.00. The van der Waals surface area contributed by atoms with Crippen molar-refractivity contribution in [3.05, 3.63) is 35.9 Å². The zero-order valence-electron chi connectivity index (χ0n) is 10.9. The molecule has 0 radical (unpaired) electrons. The molecule has 1 aliphatic rings. The standard InChI is InChI=1S/C15H23NO/c1-13(14-7-4-3-5-8-14)11-16-12-15(2)9-6-10-17-15/h3-5,7-8,13,16H,6,9-12H2,1-2H3. The lowest BCUT2D eigenvalue weighted by Crippen LogP contribution is -2.38. The maximum absolute atomic E-state index is 5.77. The van der Waals surface area contributed by atoms with Gasteiger partial charge in [0.2, 0.25) is 0 Å². The summed E-state index contributed by atoms with van der Waals surface area (Å²) < 4.78 is 5.77. The van der Waals surface area contributed by atoms with E-state index in [0.717, 1.165) is 19.7 Å². The molecule has 0 saturated carbocycles. The summed E-state index contributed by atoms with van der Waals surface area (Å²) in [6.45, 7) is 7.37. The summed E-state index contributed by atoms with van der Waals surface area (Å²) in [7, 11) is 0. The molecule has 0 aromatic heterocycles. The first-order chi connectivity index (χ1) is 8.20. The second-order valence-electron chi connectivity index (χ2n) is 5.34. The van der Waals surface area contributed by atoms with Crippen molar-refractivity contribution in [2.24, 2.45) is 0 Å². The molecule has 2 rings (SSSR count). The highest BCUT2D eigenvalue weighted by Gasteiger charge is 2.29. The third-order valence-electron chi connectivity index (χ3n) is 3.62. The highest BCUT2D eigenvalue weighted by Crippen LogP contribution is 2.24. The molecule has 1 aromatic carbocycles. The van der Waals surface area contributed by atoms with Crippen LogP contribution in [0, 0.1) is 0 Å². The summed E-state index contributed by atoms with van der Waals surface area (Å²) in [5, 5.41) is 3.54. The van der Waals surface area contributed by atoms with Gasteiger partial charge in [-0.15, -0.1) is 0 Å². The van der Waals surface area contributed by atoms with Crippen LogP contribution in [0.4, 0.5) is 0 Å². The average molecular weight is 233 g/mol. The Hall–Kier alpha value is -0.860. The summed E-state index contributed by atoms with van der Waals surface area (Å²) in [6, 6.07) is 10.7. The van der Waals surface area contributed by atoms with E-state index < -0.39 is 0 Å². The van der Waals surface area contributed by atoms with Crippen molar-refractivity contribution in [2.45, 2.75) is 38.2 Å². The van der Waals surface area contributed by atoms with Gasteiger partial charge in [0, 0.05) is 19.7 Å². The van der Waals surface area contributed by atoms with E-state index in [4.69, 9.17) is 4.74 Å². The maximum Gasteiger partial charge on any atom is 0.0779 e. The summed E-state index contributed by atoms with van der Waals surface area (Å²) in [5.74, 6) is 0.557. The molecule has 17 heavy (non-hydrogen) atoms. The van der Waals surface area contributed by atoms with Gasteiger partial charge in [-0.1, -0.05) is 37.3 Å². The van der Waals surface area contributed by atoms with Crippen LogP contribution in [0.2, 0.25) is 0 Å². The van der Waals surface area contributed by atoms with E-state index in [0.29, 0.717) is 5.92 Å². The van der Waals surface area contributed by atoms with E-state index in [1.165, 1.54) is 18.4 Å². The van der Waals surface area contributed by atoms with Crippen molar-refractivity contribution in [1.29, 1.82) is 0 Å². The molecule has 2 nitrogen and oxygen atoms in total. The van der Waals surface area contributed by atoms with Crippen LogP contribution >= 0.6 is 0 Å². The van der Waals surface area contributed by atoms with Crippen LogP contribution in [0.5, 0.6) is 0 Å². The first kappa shape index (κ1) is 12.6. The van der Waals surface area contributed by atoms with Gasteiger partial charge in [-0.05, 0) is 31.2 Å². The van der Waals surface area contributed by atoms with Crippen molar-refractivity contribution in [1.82, 2.24) is 5.32 Å². The Morgan fingerprint density at radius 2 is 2.12 bits per heavy atom. The smallest absolute Gasteiger partial charge is 0.0779 e. The monoisotopic (exact) mass is 233 g/mol. The van der Waals surface area contributed by atoms with Crippen LogP contribution in [-0.2, 0) is 4.74 Å². The zero-order chi connectivity index (χ0) is 12.1. The van der Waals surface area contributed by atoms with E-state index in [1.807, 2.05) is 0 Å². The number of rotatable bonds is 5. The highest BCUT2D eigenvalue weighted by atomic mass is 16.5. The van der Waals surface area contributed by atoms with Gasteiger partial charge in [0.1, 0.15) is 0 Å². The van der Waals surface area contributed by atoms with Gasteiger partial charge in [-0.25, -0.2) is 0 Å². The Bertz CT molecular complexity index is 330. The molecule has 2 heteroatoms. The molecule has 1 N–H and O–H groups in total. The second-order valence-corrected chi connectivity index (χ2v) is 5.34. The SMILES string of the molecule is CC(CNCC1(C)CCCO1)c1ccccc1. The largest absolute Gasteiger partial charge is 0.374 e. The number of ether oxygens (including phenoxy) is 1. The number of hydrogen-bond donors (Lipinski definition) is 1. The minimum atomic E-state index is 0.0659. The molecule has 1 fully saturated rings. The number of nitrogens with one attached hydrogen (secondary N) is 1. The van der Waals surface area contributed by atoms with Gasteiger partial charge >= 0.3 is 0 Å². The fourth-order valence-corrected chi connectivity index (χ4v) is 2.43. The molecule has 1 saturated heterocycles. The molecule has 2 unspecified atom stereocenters. The molecule has 0 aliphatic carbocycles. The molecule has 0 amide bonds. The average Bonchev–Trinajstić information content (AvgIpc) is 2.77. The highest BCUT2D eigenvalue weighted by molar-refractivity contribution is 5.18. The Labute approximate surface area is 104 Å². The first-order valence-electron chi connectivity index (χ1n) is 6.59. The van der Waals surface area contributed by atoms with Crippen LogP contribution in [0.3, 0.4) is 0 Å². The van der Waals surface area contributed by atoms with Crippen molar-refractivity contribution in [3.8, 4) is 0 Å². The van der Waals surface area contributed by atoms with Gasteiger partial charge in [0.25, 0.3) is 0 Å². The van der Waals surface area contributed by atoms with Gasteiger partial charge in [-0.3, -0.25) is 0 Å². The van der Waals surface area contributed by atoms with Gasteiger partial charge in [0.15, 0.2) is 0 Å². The lowest BCUT2D eigenvalue weighted by Gasteiger charge is -2.24. The molecule has 2 atom stereocenters. The van der Waals surface area contributed by atoms with Crippen LogP contribution in [0.1, 0.15) is 38.2 Å². The lowest BCUT2D eigenvalue weighted by molar-refractivity contribution is 0.0208. The van der Waals surface area contributed by atoms with Crippen molar-refractivity contribution in [2.75, 3.05) is 19.7 Å². The second kappa shape index (κ2) is 5.65. The van der Waals surface area contributed by atoms with E-state index in [9.17, 15) is 0 Å². The van der Waals surface area contributed by atoms with E-state index in [1.54, 1.807) is 0 Å². The summed E-state index contributed by atoms with van der Waals surface area (Å²) in [4.78, 5) is 0. The quantitative estimate of drug-likeness (QED) is 0.844. The van der Waals surface area contributed by atoms with E-state index >= 15 is 0 Å². The molecule has 1 heterocycles. The minimum Gasteiger partial charge on any atom is -0.374 e. The van der Waals surface area contributed by atoms with Crippen LogP contribution in [0.25, 0.3) is 0 Å². The molecule has 1 aromatic rings. The fraction of sp³-hybridized carbons (Fsp3) is 0.600. The molecule has 0 bridgehead atoms. The fourth-order valence-electron chi connectivity index (χ4n) is 2.43. The van der Waals surface area contributed by atoms with E-state index in [-0.39, 0.29) is 5.60 Å². The number of benzene rings is 1. The molecular formula is C15H23NO. The molecule has 1 aliphatic heterocycles. The Balaban J connectivity index is 1.75. The number of hydrogen-bond acceptors (Lipinski definition) is 2. The van der Waals surface area contributed by atoms with E-state index in [2.05, 4.69) is 49.5 Å². The molecular weight excluding hydrogens is 210 g/mol. The topological polar surface area (TPSA) is 21.3 Å². The van der Waals surface area contributed by atoms with Crippen LogP contribution < -0.4 is 5.32 Å². The van der Waals surface area contributed by atoms with Crippen molar-refractivity contribution in [3.63, 3.8) is 0 Å². The molecule has 94 valence electrons. The Morgan fingerprint density at radius 3 is 2.76 bits per heavy atom. The van der Waals surface area contributed by atoms with Gasteiger partial charge in [0.05, 0.1) is 5.60 Å². The summed E-state index contributed by atoms with van der Waals surface area (Å²) in [6.07, 6.45) is 2.38. The minimum absolute atomic E-state index is 0.0659. The third kappa shape index (κ3) is 3.55. The van der Waals surface area contributed by atoms with Crippen LogP contribution in [0.15, 0.2) is 30.3 Å². The van der Waals surface area contributed by atoms with Gasteiger partial charge < -0.3 is 10.1 Å². The first-order valence-corrected chi connectivity index (χ1v) is 6.59. The summed E-state index contributed by atoms with van der Waals surface area (Å²) >= 11 is 0. The van der Waals surface area contributed by atoms with Gasteiger partial charge in [-0.2, -0.15) is 0 Å². The van der Waals surface area contributed by atoms with Crippen LogP contribution in [-0.4, -0.2) is 25.3 Å². The summed E-state index contributed by atoms with van der Waals surface area (Å²) in [5.41, 5.74) is 1.47. The Kier molecular flexibility index (Phi) is 4.19. The predicted octanol–water partition coefficient (Wildman–Crippen LogP) is 2.95. The Morgan fingerprint density at radius 1 is 1.35 bits per heavy atom.